The smallest absolute Gasteiger partial charge is 0.214 e. The molecule has 2 aliphatic rings. The van der Waals surface area contributed by atoms with Gasteiger partial charge in [-0.25, -0.2) is 16.8 Å². The van der Waals surface area contributed by atoms with Gasteiger partial charge in [-0.3, -0.25) is 4.90 Å². The molecule has 0 N–H and O–H groups in total. The van der Waals surface area contributed by atoms with E-state index in [0.29, 0.717) is 39.0 Å². The molecule has 2 heterocycles. The van der Waals surface area contributed by atoms with Crippen molar-refractivity contribution in [2.75, 3.05) is 43.4 Å². The molecule has 0 bridgehead atoms. The Labute approximate surface area is 115 Å². The topological polar surface area (TPSA) is 74.8 Å². The van der Waals surface area contributed by atoms with Crippen molar-refractivity contribution in [1.29, 1.82) is 0 Å². The third kappa shape index (κ3) is 3.68. The van der Waals surface area contributed by atoms with Crippen LogP contribution in [0.25, 0.3) is 0 Å². The highest BCUT2D eigenvalue weighted by atomic mass is 32.2. The first kappa shape index (κ1) is 15.2. The fourth-order valence-electron chi connectivity index (χ4n) is 2.80. The van der Waals surface area contributed by atoms with E-state index in [-0.39, 0.29) is 23.3 Å². The van der Waals surface area contributed by atoms with Crippen molar-refractivity contribution in [3.8, 4) is 0 Å². The molecule has 2 saturated heterocycles. The van der Waals surface area contributed by atoms with Gasteiger partial charge >= 0.3 is 0 Å². The van der Waals surface area contributed by atoms with E-state index in [9.17, 15) is 16.8 Å². The first-order valence-corrected chi connectivity index (χ1v) is 10.2. The standard InChI is InChI=1S/C11H22N2O4S2/c1-2-8-19(16,17)13-6-4-12(5-7-13)11-3-9-18(14,15)10-11/h11H,2-10H2,1H3. The van der Waals surface area contributed by atoms with Gasteiger partial charge in [0.05, 0.1) is 17.3 Å². The van der Waals surface area contributed by atoms with Gasteiger partial charge in [0, 0.05) is 32.2 Å². The first-order chi connectivity index (χ1) is 8.84. The second kappa shape index (κ2) is 5.67. The molecule has 0 saturated carbocycles. The first-order valence-electron chi connectivity index (χ1n) is 6.76. The molecule has 0 aliphatic carbocycles. The molecule has 0 radical (unpaired) electrons. The van der Waals surface area contributed by atoms with Crippen molar-refractivity contribution in [2.24, 2.45) is 0 Å². The molecular formula is C11H22N2O4S2. The van der Waals surface area contributed by atoms with E-state index in [0.717, 1.165) is 0 Å². The average Bonchev–Trinajstić information content (AvgIpc) is 2.70. The second-order valence-corrected chi connectivity index (χ2v) is 9.63. The van der Waals surface area contributed by atoms with Crippen LogP contribution in [0.3, 0.4) is 0 Å². The highest BCUT2D eigenvalue weighted by Gasteiger charge is 2.35. The van der Waals surface area contributed by atoms with Crippen LogP contribution in [0.5, 0.6) is 0 Å². The van der Waals surface area contributed by atoms with Crippen molar-refractivity contribution in [3.05, 3.63) is 0 Å². The van der Waals surface area contributed by atoms with E-state index in [1.54, 1.807) is 0 Å². The number of sulfone groups is 1. The highest BCUT2D eigenvalue weighted by molar-refractivity contribution is 7.91. The fraction of sp³-hybridized carbons (Fsp3) is 1.00. The van der Waals surface area contributed by atoms with E-state index >= 15 is 0 Å². The lowest BCUT2D eigenvalue weighted by Crippen LogP contribution is -2.52. The van der Waals surface area contributed by atoms with Crippen LogP contribution in [-0.2, 0) is 19.9 Å². The highest BCUT2D eigenvalue weighted by Crippen LogP contribution is 2.20. The molecule has 0 amide bonds. The molecule has 0 spiro atoms. The lowest BCUT2D eigenvalue weighted by Gasteiger charge is -2.36. The van der Waals surface area contributed by atoms with Gasteiger partial charge in [-0.2, -0.15) is 4.31 Å². The molecule has 1 unspecified atom stereocenters. The third-order valence-corrected chi connectivity index (χ3v) is 7.68. The summed E-state index contributed by atoms with van der Waals surface area (Å²) in [6.45, 7) is 4.11. The second-order valence-electron chi connectivity index (χ2n) is 5.31. The summed E-state index contributed by atoms with van der Waals surface area (Å²) < 4.78 is 48.3. The van der Waals surface area contributed by atoms with E-state index in [1.165, 1.54) is 4.31 Å². The summed E-state index contributed by atoms with van der Waals surface area (Å²) in [5.41, 5.74) is 0. The third-order valence-electron chi connectivity index (χ3n) is 3.85. The summed E-state index contributed by atoms with van der Waals surface area (Å²) >= 11 is 0. The summed E-state index contributed by atoms with van der Waals surface area (Å²) in [6.07, 6.45) is 1.31. The summed E-state index contributed by atoms with van der Waals surface area (Å²) in [6, 6.07) is 0.0843. The van der Waals surface area contributed by atoms with Crippen LogP contribution in [0.15, 0.2) is 0 Å². The fourth-order valence-corrected chi connectivity index (χ4v) is 6.05. The van der Waals surface area contributed by atoms with Gasteiger partial charge in [-0.15, -0.1) is 0 Å². The van der Waals surface area contributed by atoms with E-state index in [4.69, 9.17) is 0 Å². The van der Waals surface area contributed by atoms with Crippen LogP contribution >= 0.6 is 0 Å². The Bertz CT molecular complexity index is 507. The molecular weight excluding hydrogens is 288 g/mol. The molecule has 2 rings (SSSR count). The molecule has 0 aromatic carbocycles. The largest absolute Gasteiger partial charge is 0.297 e. The molecule has 2 aliphatic heterocycles. The molecule has 1 atom stereocenters. The Balaban J connectivity index is 1.90. The zero-order valence-electron chi connectivity index (χ0n) is 11.3. The Hall–Kier alpha value is -0.180. The van der Waals surface area contributed by atoms with Crippen LogP contribution in [0.4, 0.5) is 0 Å². The van der Waals surface area contributed by atoms with E-state index < -0.39 is 19.9 Å². The molecule has 8 heteroatoms. The lowest BCUT2D eigenvalue weighted by molar-refractivity contribution is 0.148. The van der Waals surface area contributed by atoms with Crippen molar-refractivity contribution < 1.29 is 16.8 Å². The zero-order chi connectivity index (χ0) is 14.1. The van der Waals surface area contributed by atoms with Gasteiger partial charge in [0.1, 0.15) is 0 Å². The number of hydrogen-bond acceptors (Lipinski definition) is 5. The minimum Gasteiger partial charge on any atom is -0.297 e. The molecule has 0 aromatic rings. The maximum absolute atomic E-state index is 11.9. The molecule has 6 nitrogen and oxygen atoms in total. The number of hydrogen-bond donors (Lipinski definition) is 0. The van der Waals surface area contributed by atoms with Crippen molar-refractivity contribution in [2.45, 2.75) is 25.8 Å². The Morgan fingerprint density at radius 1 is 1.16 bits per heavy atom. The minimum absolute atomic E-state index is 0.0843. The van der Waals surface area contributed by atoms with Crippen LogP contribution in [0.2, 0.25) is 0 Å². The molecule has 112 valence electrons. The average molecular weight is 310 g/mol. The zero-order valence-corrected chi connectivity index (χ0v) is 12.9. The normalized spacial score (nSPS) is 29.6. The number of nitrogens with zero attached hydrogens (tertiary/aromatic N) is 2. The number of piperazine rings is 1. The van der Waals surface area contributed by atoms with Crippen LogP contribution in [0.1, 0.15) is 19.8 Å². The maximum atomic E-state index is 11.9. The maximum Gasteiger partial charge on any atom is 0.214 e. The predicted octanol–water partition coefficient (Wildman–Crippen LogP) is -0.469. The molecule has 2 fully saturated rings. The van der Waals surface area contributed by atoms with Crippen LogP contribution < -0.4 is 0 Å². The Morgan fingerprint density at radius 2 is 1.79 bits per heavy atom. The van der Waals surface area contributed by atoms with Crippen molar-refractivity contribution in [3.63, 3.8) is 0 Å². The van der Waals surface area contributed by atoms with Gasteiger partial charge < -0.3 is 0 Å². The van der Waals surface area contributed by atoms with Crippen molar-refractivity contribution >= 4 is 19.9 Å². The van der Waals surface area contributed by atoms with Gasteiger partial charge in [0.2, 0.25) is 10.0 Å². The Kier molecular flexibility index (Phi) is 4.54. The van der Waals surface area contributed by atoms with Gasteiger partial charge in [-0.1, -0.05) is 6.92 Å². The quantitative estimate of drug-likeness (QED) is 0.702. The lowest BCUT2D eigenvalue weighted by atomic mass is 10.2. The summed E-state index contributed by atoms with van der Waals surface area (Å²) in [4.78, 5) is 2.13. The van der Waals surface area contributed by atoms with Crippen molar-refractivity contribution in [1.82, 2.24) is 9.21 Å². The summed E-state index contributed by atoms with van der Waals surface area (Å²) in [7, 11) is -5.98. The van der Waals surface area contributed by atoms with Gasteiger partial charge in [0.15, 0.2) is 9.84 Å². The number of sulfonamides is 1. The molecule has 19 heavy (non-hydrogen) atoms. The monoisotopic (exact) mass is 310 g/mol. The molecule has 0 aromatic heterocycles. The minimum atomic E-state index is -3.11. The summed E-state index contributed by atoms with van der Waals surface area (Å²) in [5.74, 6) is 0.700. The van der Waals surface area contributed by atoms with Gasteiger partial charge in [-0.05, 0) is 12.8 Å². The predicted molar refractivity (Wildman–Crippen MR) is 74.3 cm³/mol. The SMILES string of the molecule is CCCS(=O)(=O)N1CCN(C2CCS(=O)(=O)C2)CC1. The number of rotatable bonds is 4. The Morgan fingerprint density at radius 3 is 2.26 bits per heavy atom. The van der Waals surface area contributed by atoms with E-state index in [1.807, 2.05) is 6.92 Å². The van der Waals surface area contributed by atoms with E-state index in [2.05, 4.69) is 4.90 Å². The van der Waals surface area contributed by atoms with Gasteiger partial charge in [0.25, 0.3) is 0 Å². The summed E-state index contributed by atoms with van der Waals surface area (Å²) in [5, 5.41) is 0. The van der Waals surface area contributed by atoms with Crippen LogP contribution in [0, 0.1) is 0 Å². The van der Waals surface area contributed by atoms with Crippen LogP contribution in [-0.4, -0.2) is 75.5 Å².